The van der Waals surface area contributed by atoms with Crippen LogP contribution in [0.15, 0.2) is 24.3 Å². The molecule has 0 atom stereocenters. The van der Waals surface area contributed by atoms with E-state index in [4.69, 9.17) is 15.9 Å². The van der Waals surface area contributed by atoms with Gasteiger partial charge < -0.3 is 20.3 Å². The van der Waals surface area contributed by atoms with Crippen LogP contribution in [0.25, 0.3) is 0 Å². The van der Waals surface area contributed by atoms with Gasteiger partial charge >= 0.3 is 0 Å². The maximum Gasteiger partial charge on any atom is 0.230 e. The molecule has 0 radical (unpaired) electrons. The first-order valence-corrected chi connectivity index (χ1v) is 6.60. The van der Waals surface area contributed by atoms with Gasteiger partial charge in [-0.25, -0.2) is 0 Å². The molecule has 1 aliphatic heterocycles. The molecule has 0 aliphatic carbocycles. The van der Waals surface area contributed by atoms with E-state index >= 15 is 0 Å². The number of amides is 1. The number of amidine groups is 1. The van der Waals surface area contributed by atoms with Gasteiger partial charge in [-0.1, -0.05) is 12.1 Å². The van der Waals surface area contributed by atoms with Crippen molar-refractivity contribution >= 4 is 17.4 Å². The zero-order valence-electron chi connectivity index (χ0n) is 11.6. The van der Waals surface area contributed by atoms with E-state index in [0.717, 1.165) is 24.5 Å². The highest BCUT2D eigenvalue weighted by atomic mass is 16.5. The Bertz CT molecular complexity index is 496. The number of nitrogens with one attached hydrogen (secondary N) is 1. The zero-order chi connectivity index (χ0) is 14.5. The summed E-state index contributed by atoms with van der Waals surface area (Å²) in [6.45, 7) is 2.79. The van der Waals surface area contributed by atoms with Crippen molar-refractivity contribution in [1.29, 1.82) is 5.41 Å². The van der Waals surface area contributed by atoms with Gasteiger partial charge in [-0.3, -0.25) is 10.2 Å². The molecule has 1 saturated heterocycles. The molecule has 1 aromatic rings. The largest absolute Gasteiger partial charge is 0.495 e. The summed E-state index contributed by atoms with van der Waals surface area (Å²) < 4.78 is 5.36. The van der Waals surface area contributed by atoms with Crippen LogP contribution in [0.3, 0.4) is 0 Å². The van der Waals surface area contributed by atoms with E-state index in [1.807, 2.05) is 24.3 Å². The molecule has 0 aromatic heterocycles. The van der Waals surface area contributed by atoms with Gasteiger partial charge in [0, 0.05) is 26.2 Å². The number of piperazine rings is 1. The zero-order valence-corrected chi connectivity index (χ0v) is 11.6. The summed E-state index contributed by atoms with van der Waals surface area (Å²) in [5, 5.41) is 7.17. The van der Waals surface area contributed by atoms with E-state index in [2.05, 4.69) is 4.90 Å². The lowest BCUT2D eigenvalue weighted by Crippen LogP contribution is -2.49. The predicted octanol–water partition coefficient (Wildman–Crippen LogP) is 0.670. The summed E-state index contributed by atoms with van der Waals surface area (Å²) in [6.07, 6.45) is 0.00859. The second-order valence-electron chi connectivity index (χ2n) is 4.74. The van der Waals surface area contributed by atoms with Crippen molar-refractivity contribution in [2.45, 2.75) is 6.42 Å². The first kappa shape index (κ1) is 14.2. The number of ether oxygens (including phenoxy) is 1. The molecule has 1 aromatic carbocycles. The van der Waals surface area contributed by atoms with Crippen molar-refractivity contribution in [2.24, 2.45) is 5.73 Å². The minimum atomic E-state index is -0.0813. The number of carbonyl (C=O) groups excluding carboxylic acids is 1. The molecule has 6 heteroatoms. The average molecular weight is 276 g/mol. The molecular formula is C14H20N4O2. The first-order chi connectivity index (χ1) is 9.61. The third-order valence-corrected chi connectivity index (χ3v) is 3.40. The summed E-state index contributed by atoms with van der Waals surface area (Å²) >= 11 is 0. The molecule has 2 rings (SSSR count). The molecule has 1 amide bonds. The second-order valence-corrected chi connectivity index (χ2v) is 4.74. The van der Waals surface area contributed by atoms with Gasteiger partial charge in [0.2, 0.25) is 5.91 Å². The van der Waals surface area contributed by atoms with E-state index in [9.17, 15) is 4.79 Å². The van der Waals surface area contributed by atoms with Gasteiger partial charge in [-0.2, -0.15) is 0 Å². The quantitative estimate of drug-likeness (QED) is 0.625. The van der Waals surface area contributed by atoms with Crippen LogP contribution in [-0.4, -0.2) is 49.9 Å². The lowest BCUT2D eigenvalue weighted by Gasteiger charge is -2.36. The maximum absolute atomic E-state index is 11.8. The van der Waals surface area contributed by atoms with Crippen molar-refractivity contribution in [3.8, 4) is 5.75 Å². The topological polar surface area (TPSA) is 82.7 Å². The summed E-state index contributed by atoms with van der Waals surface area (Å²) in [5.74, 6) is 0.690. The lowest BCUT2D eigenvalue weighted by molar-refractivity contribution is -0.130. The Labute approximate surface area is 118 Å². The van der Waals surface area contributed by atoms with E-state index in [1.165, 1.54) is 0 Å². The maximum atomic E-state index is 11.8. The van der Waals surface area contributed by atoms with Crippen LogP contribution in [0.1, 0.15) is 6.42 Å². The highest BCUT2D eigenvalue weighted by molar-refractivity contribution is 5.97. The van der Waals surface area contributed by atoms with Crippen LogP contribution in [0.4, 0.5) is 5.69 Å². The summed E-state index contributed by atoms with van der Waals surface area (Å²) in [4.78, 5) is 15.8. The van der Waals surface area contributed by atoms with Gasteiger partial charge in [0.15, 0.2) is 0 Å². The fraction of sp³-hybridized carbons (Fsp3) is 0.429. The summed E-state index contributed by atoms with van der Waals surface area (Å²) in [7, 11) is 1.66. The molecule has 1 aliphatic rings. The normalized spacial score (nSPS) is 15.1. The van der Waals surface area contributed by atoms with Crippen molar-refractivity contribution < 1.29 is 9.53 Å². The molecule has 1 heterocycles. The Morgan fingerprint density at radius 1 is 1.30 bits per heavy atom. The minimum Gasteiger partial charge on any atom is -0.495 e. The fourth-order valence-electron chi connectivity index (χ4n) is 2.36. The van der Waals surface area contributed by atoms with Crippen molar-refractivity contribution in [1.82, 2.24) is 4.90 Å². The Kier molecular flexibility index (Phi) is 4.45. The van der Waals surface area contributed by atoms with Crippen LogP contribution < -0.4 is 15.4 Å². The number of rotatable bonds is 4. The van der Waals surface area contributed by atoms with E-state index in [1.54, 1.807) is 12.0 Å². The minimum absolute atomic E-state index is 0.00859. The molecule has 0 spiro atoms. The van der Waals surface area contributed by atoms with E-state index < -0.39 is 0 Å². The monoisotopic (exact) mass is 276 g/mol. The van der Waals surface area contributed by atoms with Gasteiger partial charge in [0.05, 0.1) is 25.1 Å². The van der Waals surface area contributed by atoms with Crippen LogP contribution >= 0.6 is 0 Å². The number of hydrogen-bond acceptors (Lipinski definition) is 4. The molecular weight excluding hydrogens is 256 g/mol. The molecule has 1 fully saturated rings. The number of para-hydroxylation sites is 2. The number of hydrogen-bond donors (Lipinski definition) is 2. The molecule has 0 bridgehead atoms. The number of methoxy groups -OCH3 is 1. The number of nitrogens with zero attached hydrogens (tertiary/aromatic N) is 2. The van der Waals surface area contributed by atoms with Crippen molar-refractivity contribution in [3.05, 3.63) is 24.3 Å². The predicted molar refractivity (Wildman–Crippen MR) is 78.3 cm³/mol. The van der Waals surface area contributed by atoms with E-state index in [0.29, 0.717) is 13.1 Å². The lowest BCUT2D eigenvalue weighted by atomic mass is 10.2. The smallest absolute Gasteiger partial charge is 0.230 e. The third kappa shape index (κ3) is 3.20. The van der Waals surface area contributed by atoms with Crippen molar-refractivity contribution in [2.75, 3.05) is 38.2 Å². The molecule has 0 saturated carbocycles. The number of benzene rings is 1. The average Bonchev–Trinajstić information content (AvgIpc) is 2.46. The van der Waals surface area contributed by atoms with Crippen LogP contribution in [0.5, 0.6) is 5.75 Å². The van der Waals surface area contributed by atoms with Gasteiger partial charge in [-0.05, 0) is 12.1 Å². The summed E-state index contributed by atoms with van der Waals surface area (Å²) in [5.41, 5.74) is 6.31. The number of nitrogens with two attached hydrogens (primary N) is 1. The molecule has 3 N–H and O–H groups in total. The molecule has 6 nitrogen and oxygen atoms in total. The van der Waals surface area contributed by atoms with E-state index in [-0.39, 0.29) is 18.2 Å². The SMILES string of the molecule is COc1ccccc1N1CCN(C(=O)CC(=N)N)CC1. The molecule has 108 valence electrons. The Morgan fingerprint density at radius 2 is 1.95 bits per heavy atom. The Morgan fingerprint density at radius 3 is 2.55 bits per heavy atom. The third-order valence-electron chi connectivity index (χ3n) is 3.40. The highest BCUT2D eigenvalue weighted by Crippen LogP contribution is 2.28. The standard InChI is InChI=1S/C14H20N4O2/c1-20-12-5-3-2-4-11(12)17-6-8-18(9-7-17)14(19)10-13(15)16/h2-5H,6-10H2,1H3,(H3,15,16). The highest BCUT2D eigenvalue weighted by Gasteiger charge is 2.22. The Balaban J connectivity index is 1.97. The second kappa shape index (κ2) is 6.27. The Hall–Kier alpha value is -2.24. The van der Waals surface area contributed by atoms with Crippen LogP contribution in [-0.2, 0) is 4.79 Å². The number of carbonyl (C=O) groups is 1. The van der Waals surface area contributed by atoms with Crippen LogP contribution in [0.2, 0.25) is 0 Å². The van der Waals surface area contributed by atoms with Crippen LogP contribution in [0, 0.1) is 5.41 Å². The number of anilines is 1. The molecule has 20 heavy (non-hydrogen) atoms. The molecule has 0 unspecified atom stereocenters. The van der Waals surface area contributed by atoms with Gasteiger partial charge in [0.1, 0.15) is 5.75 Å². The summed E-state index contributed by atoms with van der Waals surface area (Å²) in [6, 6.07) is 7.87. The van der Waals surface area contributed by atoms with Gasteiger partial charge in [-0.15, -0.1) is 0 Å². The van der Waals surface area contributed by atoms with Gasteiger partial charge in [0.25, 0.3) is 0 Å². The van der Waals surface area contributed by atoms with Crippen molar-refractivity contribution in [3.63, 3.8) is 0 Å². The fourth-order valence-corrected chi connectivity index (χ4v) is 2.36. The first-order valence-electron chi connectivity index (χ1n) is 6.60.